The molecule has 0 bridgehead atoms. The predicted molar refractivity (Wildman–Crippen MR) is 68.2 cm³/mol. The van der Waals surface area contributed by atoms with E-state index in [9.17, 15) is 5.11 Å². The molecule has 92 valence electrons. The third-order valence-electron chi connectivity index (χ3n) is 4.77. The summed E-state index contributed by atoms with van der Waals surface area (Å²) in [5, 5.41) is 10.8. The lowest BCUT2D eigenvalue weighted by Gasteiger charge is -2.39. The number of aliphatic hydroxyl groups is 1. The smallest absolute Gasteiger partial charge is 0.0715 e. The van der Waals surface area contributed by atoms with Crippen molar-refractivity contribution in [1.29, 1.82) is 0 Å². The van der Waals surface area contributed by atoms with E-state index in [0.29, 0.717) is 17.3 Å². The summed E-state index contributed by atoms with van der Waals surface area (Å²) < 4.78 is 0. The van der Waals surface area contributed by atoms with E-state index >= 15 is 0 Å². The minimum absolute atomic E-state index is 0.346. The van der Waals surface area contributed by atoms with Gasteiger partial charge in [0.25, 0.3) is 0 Å². The van der Waals surface area contributed by atoms with Crippen molar-refractivity contribution in [2.45, 2.75) is 65.4 Å². The van der Waals surface area contributed by atoms with Gasteiger partial charge in [-0.05, 0) is 56.3 Å². The molecule has 0 aliphatic heterocycles. The fraction of sp³-hybridized carbons (Fsp3) is 0.867. The molecule has 1 heteroatoms. The van der Waals surface area contributed by atoms with Crippen LogP contribution in [-0.2, 0) is 0 Å². The topological polar surface area (TPSA) is 20.2 Å². The lowest BCUT2D eigenvalue weighted by molar-refractivity contribution is -0.0252. The van der Waals surface area contributed by atoms with Crippen LogP contribution in [0.2, 0.25) is 0 Å². The van der Waals surface area contributed by atoms with Gasteiger partial charge in [-0.15, -0.1) is 0 Å². The van der Waals surface area contributed by atoms with Crippen molar-refractivity contribution in [3.05, 3.63) is 11.6 Å². The molecule has 0 spiro atoms. The highest BCUT2D eigenvalue weighted by molar-refractivity contribution is 5.12. The standard InChI is InChI=1S/C15H26O/c1-11-5-7-14(3,4)10-13-12(2)6-8-15(13,16)9-11/h5,12-13,16H,6-10H2,1-4H3/t12-,13+,15+/m0/s1. The molecular formula is C15H26O. The summed E-state index contributed by atoms with van der Waals surface area (Å²) in [5.74, 6) is 1.20. The van der Waals surface area contributed by atoms with Gasteiger partial charge < -0.3 is 5.11 Å². The summed E-state index contributed by atoms with van der Waals surface area (Å²) >= 11 is 0. The fourth-order valence-corrected chi connectivity index (χ4v) is 3.69. The molecule has 2 aliphatic carbocycles. The summed E-state index contributed by atoms with van der Waals surface area (Å²) in [6.07, 6.45) is 7.78. The van der Waals surface area contributed by atoms with E-state index in [1.54, 1.807) is 0 Å². The molecule has 1 saturated carbocycles. The number of rotatable bonds is 0. The molecule has 0 aromatic heterocycles. The molecular weight excluding hydrogens is 196 g/mol. The number of fused-ring (bicyclic) bond motifs is 1. The van der Waals surface area contributed by atoms with Crippen LogP contribution in [0.3, 0.4) is 0 Å². The summed E-state index contributed by atoms with van der Waals surface area (Å²) in [6, 6.07) is 0. The SMILES string of the molecule is CC1=CCC(C)(C)C[C@@H]2[C@@H](C)CC[C@@]2(O)C1. The Bertz CT molecular complexity index is 303. The lowest BCUT2D eigenvalue weighted by Crippen LogP contribution is -2.39. The summed E-state index contributed by atoms with van der Waals surface area (Å²) in [7, 11) is 0. The fourth-order valence-electron chi connectivity index (χ4n) is 3.69. The normalized spacial score (nSPS) is 43.2. The Hall–Kier alpha value is -0.300. The first-order valence-electron chi connectivity index (χ1n) is 6.70. The monoisotopic (exact) mass is 222 g/mol. The molecule has 16 heavy (non-hydrogen) atoms. The van der Waals surface area contributed by atoms with Crippen LogP contribution in [0.15, 0.2) is 11.6 Å². The molecule has 0 heterocycles. The highest BCUT2D eigenvalue weighted by Gasteiger charge is 2.47. The Balaban J connectivity index is 2.31. The zero-order valence-electron chi connectivity index (χ0n) is 11.2. The molecule has 3 atom stereocenters. The Morgan fingerprint density at radius 2 is 2.06 bits per heavy atom. The van der Waals surface area contributed by atoms with Crippen molar-refractivity contribution in [3.8, 4) is 0 Å². The zero-order chi connectivity index (χ0) is 12.0. The third-order valence-corrected chi connectivity index (χ3v) is 4.77. The van der Waals surface area contributed by atoms with E-state index in [1.165, 1.54) is 18.4 Å². The maximum atomic E-state index is 10.8. The van der Waals surface area contributed by atoms with Gasteiger partial charge in [-0.3, -0.25) is 0 Å². The quantitative estimate of drug-likeness (QED) is 0.616. The van der Waals surface area contributed by atoms with Crippen molar-refractivity contribution < 1.29 is 5.11 Å². The van der Waals surface area contributed by atoms with Gasteiger partial charge in [0.05, 0.1) is 5.60 Å². The Morgan fingerprint density at radius 1 is 1.38 bits per heavy atom. The number of hydrogen-bond acceptors (Lipinski definition) is 1. The van der Waals surface area contributed by atoms with Crippen LogP contribution in [-0.4, -0.2) is 10.7 Å². The van der Waals surface area contributed by atoms with Crippen LogP contribution in [0.4, 0.5) is 0 Å². The molecule has 0 aromatic carbocycles. The van der Waals surface area contributed by atoms with Crippen LogP contribution < -0.4 is 0 Å². The van der Waals surface area contributed by atoms with Gasteiger partial charge in [-0.25, -0.2) is 0 Å². The predicted octanol–water partition coefficient (Wildman–Crippen LogP) is 3.92. The number of hydrogen-bond donors (Lipinski definition) is 1. The minimum atomic E-state index is -0.405. The van der Waals surface area contributed by atoms with Gasteiger partial charge in [-0.1, -0.05) is 32.4 Å². The van der Waals surface area contributed by atoms with E-state index < -0.39 is 5.60 Å². The van der Waals surface area contributed by atoms with E-state index in [0.717, 1.165) is 19.3 Å². The van der Waals surface area contributed by atoms with Crippen molar-refractivity contribution in [2.75, 3.05) is 0 Å². The second-order valence-electron chi connectivity index (χ2n) is 7.03. The van der Waals surface area contributed by atoms with Crippen molar-refractivity contribution in [1.82, 2.24) is 0 Å². The van der Waals surface area contributed by atoms with Crippen molar-refractivity contribution in [3.63, 3.8) is 0 Å². The van der Waals surface area contributed by atoms with Crippen LogP contribution in [0.5, 0.6) is 0 Å². The van der Waals surface area contributed by atoms with E-state index in [-0.39, 0.29) is 0 Å². The number of allylic oxidation sites excluding steroid dienone is 1. The lowest BCUT2D eigenvalue weighted by atomic mass is 9.69. The minimum Gasteiger partial charge on any atom is -0.389 e. The van der Waals surface area contributed by atoms with Gasteiger partial charge >= 0.3 is 0 Å². The van der Waals surface area contributed by atoms with Gasteiger partial charge in [0, 0.05) is 0 Å². The summed E-state index contributed by atoms with van der Waals surface area (Å²) in [4.78, 5) is 0. The van der Waals surface area contributed by atoms with Gasteiger partial charge in [0.1, 0.15) is 0 Å². The van der Waals surface area contributed by atoms with Crippen molar-refractivity contribution in [2.24, 2.45) is 17.3 Å². The molecule has 2 aliphatic rings. The second kappa shape index (κ2) is 3.87. The molecule has 1 fully saturated rings. The van der Waals surface area contributed by atoms with Gasteiger partial charge in [0.2, 0.25) is 0 Å². The van der Waals surface area contributed by atoms with Crippen molar-refractivity contribution >= 4 is 0 Å². The maximum absolute atomic E-state index is 10.8. The average Bonchev–Trinajstić information content (AvgIpc) is 2.42. The highest BCUT2D eigenvalue weighted by atomic mass is 16.3. The van der Waals surface area contributed by atoms with Gasteiger partial charge in [-0.2, -0.15) is 0 Å². The Morgan fingerprint density at radius 3 is 2.75 bits per heavy atom. The molecule has 0 saturated heterocycles. The molecule has 0 aromatic rings. The molecule has 0 unspecified atom stereocenters. The molecule has 2 rings (SSSR count). The Kier molecular flexibility index (Phi) is 2.94. The molecule has 0 radical (unpaired) electrons. The Labute approximate surface area is 99.9 Å². The second-order valence-corrected chi connectivity index (χ2v) is 7.03. The molecule has 0 amide bonds. The first-order chi connectivity index (χ1) is 7.32. The van der Waals surface area contributed by atoms with Crippen LogP contribution in [0, 0.1) is 17.3 Å². The van der Waals surface area contributed by atoms with Gasteiger partial charge in [0.15, 0.2) is 0 Å². The molecule has 1 nitrogen and oxygen atoms in total. The van der Waals surface area contributed by atoms with E-state index in [4.69, 9.17) is 0 Å². The largest absolute Gasteiger partial charge is 0.389 e. The average molecular weight is 222 g/mol. The third kappa shape index (κ3) is 2.20. The van der Waals surface area contributed by atoms with Crippen LogP contribution >= 0.6 is 0 Å². The highest BCUT2D eigenvalue weighted by Crippen LogP contribution is 2.50. The van der Waals surface area contributed by atoms with Crippen LogP contribution in [0.25, 0.3) is 0 Å². The molecule has 1 N–H and O–H groups in total. The maximum Gasteiger partial charge on any atom is 0.0715 e. The van der Waals surface area contributed by atoms with E-state index in [1.807, 2.05) is 0 Å². The van der Waals surface area contributed by atoms with Crippen LogP contribution in [0.1, 0.15) is 59.8 Å². The summed E-state index contributed by atoms with van der Waals surface area (Å²) in [5.41, 5.74) is 1.32. The first-order valence-corrected chi connectivity index (χ1v) is 6.70. The first kappa shape index (κ1) is 12.2. The van der Waals surface area contributed by atoms with E-state index in [2.05, 4.69) is 33.8 Å². The zero-order valence-corrected chi connectivity index (χ0v) is 11.2. The summed E-state index contributed by atoms with van der Waals surface area (Å²) in [6.45, 7) is 9.18.